The number of carboxylic acid groups (broad SMARTS) is 1. The number of hydrogen-bond acceptors (Lipinski definition) is 3. The lowest BCUT2D eigenvalue weighted by Crippen LogP contribution is -2.43. The Hall–Kier alpha value is -1.55. The zero-order valence-electron chi connectivity index (χ0n) is 13.1. The first kappa shape index (κ1) is 15.3. The van der Waals surface area contributed by atoms with Gasteiger partial charge in [-0.3, -0.25) is 0 Å². The zero-order valence-corrected chi connectivity index (χ0v) is 13.1. The number of likely N-dealkylation sites (tertiary alicyclic amines) is 1. The Morgan fingerprint density at radius 1 is 1.00 bits per heavy atom. The Morgan fingerprint density at radius 3 is 2.23 bits per heavy atom. The topological polar surface area (TPSA) is 52.6 Å². The minimum atomic E-state index is -0.867. The second-order valence-electron chi connectivity index (χ2n) is 6.63. The minimum Gasteiger partial charge on any atom is -0.478 e. The van der Waals surface area contributed by atoms with Crippen LogP contribution in [0.3, 0.4) is 0 Å². The van der Waals surface area contributed by atoms with Crippen molar-refractivity contribution in [2.24, 2.45) is 0 Å². The van der Waals surface area contributed by atoms with Gasteiger partial charge >= 0.3 is 5.97 Å². The number of nitrogens with zero attached hydrogens (tertiary/aromatic N) is 1. The third-order valence-electron chi connectivity index (χ3n) is 5.11. The fraction of sp³-hybridized carbons (Fsp3) is 0.611. The fourth-order valence-electron chi connectivity index (χ4n) is 3.81. The molecule has 1 aliphatic carbocycles. The molecule has 0 radical (unpaired) electrons. The van der Waals surface area contributed by atoms with Crippen LogP contribution in [0, 0.1) is 0 Å². The lowest BCUT2D eigenvalue weighted by Gasteiger charge is -2.39. The molecule has 2 fully saturated rings. The van der Waals surface area contributed by atoms with Gasteiger partial charge in [-0.1, -0.05) is 6.42 Å². The van der Waals surface area contributed by atoms with Gasteiger partial charge in [0.2, 0.25) is 0 Å². The van der Waals surface area contributed by atoms with Crippen LogP contribution in [0.25, 0.3) is 0 Å². The maximum atomic E-state index is 10.9. The molecule has 1 saturated heterocycles. The molecule has 2 N–H and O–H groups in total. The SMILES string of the molecule is O=C(O)c1ccc(NC2CCC(N3CCCCC3)CC2)cc1. The van der Waals surface area contributed by atoms with E-state index in [9.17, 15) is 4.79 Å². The first-order valence-corrected chi connectivity index (χ1v) is 8.56. The molecule has 4 nitrogen and oxygen atoms in total. The number of hydrogen-bond donors (Lipinski definition) is 2. The predicted molar refractivity (Wildman–Crippen MR) is 88.5 cm³/mol. The van der Waals surface area contributed by atoms with E-state index in [0.717, 1.165) is 11.7 Å². The molecule has 1 saturated carbocycles. The average molecular weight is 302 g/mol. The lowest BCUT2D eigenvalue weighted by atomic mass is 9.89. The van der Waals surface area contributed by atoms with Crippen molar-refractivity contribution in [3.63, 3.8) is 0 Å². The molecule has 1 aliphatic heterocycles. The molecule has 0 aromatic heterocycles. The van der Waals surface area contributed by atoms with Gasteiger partial charge in [-0.25, -0.2) is 4.79 Å². The van der Waals surface area contributed by atoms with E-state index in [2.05, 4.69) is 10.2 Å². The highest BCUT2D eigenvalue weighted by atomic mass is 16.4. The van der Waals surface area contributed by atoms with Gasteiger partial charge in [-0.15, -0.1) is 0 Å². The predicted octanol–water partition coefficient (Wildman–Crippen LogP) is 3.59. The van der Waals surface area contributed by atoms with E-state index in [1.165, 1.54) is 58.0 Å². The number of rotatable bonds is 4. The van der Waals surface area contributed by atoms with Crippen molar-refractivity contribution in [3.8, 4) is 0 Å². The van der Waals surface area contributed by atoms with Crippen molar-refractivity contribution in [3.05, 3.63) is 29.8 Å². The van der Waals surface area contributed by atoms with Gasteiger partial charge in [-0.05, 0) is 75.9 Å². The number of carboxylic acids is 1. The summed E-state index contributed by atoms with van der Waals surface area (Å²) in [6.07, 6.45) is 9.13. The van der Waals surface area contributed by atoms with Gasteiger partial charge in [-0.2, -0.15) is 0 Å². The van der Waals surface area contributed by atoms with Crippen molar-refractivity contribution in [2.75, 3.05) is 18.4 Å². The van der Waals surface area contributed by atoms with Gasteiger partial charge in [0.05, 0.1) is 5.56 Å². The highest BCUT2D eigenvalue weighted by Gasteiger charge is 2.26. The molecule has 22 heavy (non-hydrogen) atoms. The molecule has 1 aromatic rings. The second-order valence-corrected chi connectivity index (χ2v) is 6.63. The molecule has 1 aromatic carbocycles. The van der Waals surface area contributed by atoms with E-state index >= 15 is 0 Å². The quantitative estimate of drug-likeness (QED) is 0.892. The summed E-state index contributed by atoms with van der Waals surface area (Å²) in [5.41, 5.74) is 1.38. The first-order chi connectivity index (χ1) is 10.7. The van der Waals surface area contributed by atoms with E-state index in [1.807, 2.05) is 12.1 Å². The van der Waals surface area contributed by atoms with Crippen molar-refractivity contribution in [1.82, 2.24) is 4.90 Å². The summed E-state index contributed by atoms with van der Waals surface area (Å²) in [4.78, 5) is 13.6. The Morgan fingerprint density at radius 2 is 1.64 bits per heavy atom. The summed E-state index contributed by atoms with van der Waals surface area (Å²) in [7, 11) is 0. The van der Waals surface area contributed by atoms with E-state index in [1.54, 1.807) is 12.1 Å². The molecule has 120 valence electrons. The van der Waals surface area contributed by atoms with Crippen LogP contribution in [0.1, 0.15) is 55.3 Å². The minimum absolute atomic E-state index is 0.347. The number of carbonyl (C=O) groups is 1. The van der Waals surface area contributed by atoms with Crippen molar-refractivity contribution in [2.45, 2.75) is 57.0 Å². The molecule has 0 spiro atoms. The molecular formula is C18H26N2O2. The highest BCUT2D eigenvalue weighted by Crippen LogP contribution is 2.27. The maximum Gasteiger partial charge on any atom is 0.335 e. The first-order valence-electron chi connectivity index (χ1n) is 8.56. The second kappa shape index (κ2) is 7.14. The number of nitrogens with one attached hydrogen (secondary N) is 1. The fourth-order valence-corrected chi connectivity index (χ4v) is 3.81. The van der Waals surface area contributed by atoms with Crippen LogP contribution in [0.15, 0.2) is 24.3 Å². The normalized spacial score (nSPS) is 26.5. The van der Waals surface area contributed by atoms with Crippen molar-refractivity contribution in [1.29, 1.82) is 0 Å². The third-order valence-corrected chi connectivity index (χ3v) is 5.11. The Labute approximate surface area is 132 Å². The van der Waals surface area contributed by atoms with Crippen LogP contribution in [0.2, 0.25) is 0 Å². The molecular weight excluding hydrogens is 276 g/mol. The Balaban J connectivity index is 1.48. The van der Waals surface area contributed by atoms with E-state index in [-0.39, 0.29) is 0 Å². The van der Waals surface area contributed by atoms with Crippen LogP contribution in [0.4, 0.5) is 5.69 Å². The zero-order chi connectivity index (χ0) is 15.4. The summed E-state index contributed by atoms with van der Waals surface area (Å²) in [6.45, 7) is 2.58. The molecule has 1 heterocycles. The number of benzene rings is 1. The standard InChI is InChI=1S/C18H26N2O2/c21-18(22)14-4-6-15(7-5-14)19-16-8-10-17(11-9-16)20-12-2-1-3-13-20/h4-7,16-17,19H,1-3,8-13H2,(H,21,22). The van der Waals surface area contributed by atoms with Gasteiger partial charge in [0, 0.05) is 17.8 Å². The summed E-state index contributed by atoms with van der Waals surface area (Å²) in [5.74, 6) is -0.867. The van der Waals surface area contributed by atoms with Crippen LogP contribution in [-0.4, -0.2) is 41.1 Å². The molecule has 0 amide bonds. The largest absolute Gasteiger partial charge is 0.478 e. The number of anilines is 1. The van der Waals surface area contributed by atoms with Crippen LogP contribution >= 0.6 is 0 Å². The monoisotopic (exact) mass is 302 g/mol. The Bertz CT molecular complexity index is 486. The van der Waals surface area contributed by atoms with Crippen molar-refractivity contribution < 1.29 is 9.90 Å². The maximum absolute atomic E-state index is 10.9. The van der Waals surface area contributed by atoms with Gasteiger partial charge < -0.3 is 15.3 Å². The van der Waals surface area contributed by atoms with E-state index in [0.29, 0.717) is 11.6 Å². The highest BCUT2D eigenvalue weighted by molar-refractivity contribution is 5.87. The Kier molecular flexibility index (Phi) is 4.98. The lowest BCUT2D eigenvalue weighted by molar-refractivity contribution is 0.0697. The molecule has 3 rings (SSSR count). The number of aromatic carboxylic acids is 1. The van der Waals surface area contributed by atoms with E-state index < -0.39 is 5.97 Å². The third kappa shape index (κ3) is 3.80. The van der Waals surface area contributed by atoms with Crippen molar-refractivity contribution >= 4 is 11.7 Å². The van der Waals surface area contributed by atoms with Gasteiger partial charge in [0.15, 0.2) is 0 Å². The average Bonchev–Trinajstić information content (AvgIpc) is 2.57. The number of piperidine rings is 1. The van der Waals surface area contributed by atoms with Gasteiger partial charge in [0.25, 0.3) is 0 Å². The van der Waals surface area contributed by atoms with Crippen LogP contribution < -0.4 is 5.32 Å². The molecule has 4 heteroatoms. The smallest absolute Gasteiger partial charge is 0.335 e. The molecule has 0 unspecified atom stereocenters. The van der Waals surface area contributed by atoms with Gasteiger partial charge in [0.1, 0.15) is 0 Å². The molecule has 2 aliphatic rings. The molecule has 0 atom stereocenters. The van der Waals surface area contributed by atoms with Crippen LogP contribution in [0.5, 0.6) is 0 Å². The molecule has 0 bridgehead atoms. The summed E-state index contributed by atoms with van der Waals surface area (Å²) in [6, 6.07) is 8.40. The summed E-state index contributed by atoms with van der Waals surface area (Å²) in [5, 5.41) is 12.5. The van der Waals surface area contributed by atoms with E-state index in [4.69, 9.17) is 5.11 Å². The summed E-state index contributed by atoms with van der Waals surface area (Å²) < 4.78 is 0. The summed E-state index contributed by atoms with van der Waals surface area (Å²) >= 11 is 0. The van der Waals surface area contributed by atoms with Crippen LogP contribution in [-0.2, 0) is 0 Å².